The van der Waals surface area contributed by atoms with E-state index in [-0.39, 0.29) is 17.8 Å². The van der Waals surface area contributed by atoms with Crippen molar-refractivity contribution in [3.8, 4) is 0 Å². The summed E-state index contributed by atoms with van der Waals surface area (Å²) in [6, 6.07) is 19.9. The second kappa shape index (κ2) is 10.4. The third kappa shape index (κ3) is 4.94. The van der Waals surface area contributed by atoms with Crippen molar-refractivity contribution in [1.29, 1.82) is 0 Å². The van der Waals surface area contributed by atoms with Crippen LogP contribution in [0.1, 0.15) is 11.1 Å². The fourth-order valence-corrected chi connectivity index (χ4v) is 4.19. The Morgan fingerprint density at radius 2 is 1.03 bits per heavy atom. The molecule has 4 unspecified atom stereocenters. The van der Waals surface area contributed by atoms with Crippen molar-refractivity contribution in [2.45, 2.75) is 31.5 Å². The van der Waals surface area contributed by atoms with Crippen LogP contribution in [-0.4, -0.2) is 23.4 Å². The normalized spacial score (nSPS) is 29.1. The molecule has 0 radical (unpaired) electrons. The summed E-state index contributed by atoms with van der Waals surface area (Å²) in [5, 5.41) is 11.2. The Bertz CT molecular complexity index is 723. The molecule has 0 saturated heterocycles. The van der Waals surface area contributed by atoms with E-state index in [2.05, 4.69) is 19.7 Å². The van der Waals surface area contributed by atoms with Gasteiger partial charge in [-0.15, -0.1) is 19.7 Å². The van der Waals surface area contributed by atoms with Gasteiger partial charge in [-0.25, -0.2) is 0 Å². The molecular weight excluding hydrogens is 360 g/mol. The van der Waals surface area contributed by atoms with Crippen molar-refractivity contribution < 1.29 is 14.6 Å². The molecule has 2 aromatic rings. The van der Waals surface area contributed by atoms with Crippen LogP contribution in [0.3, 0.4) is 0 Å². The summed E-state index contributed by atoms with van der Waals surface area (Å²) in [6.45, 7) is 12.8. The van der Waals surface area contributed by atoms with Gasteiger partial charge in [0.25, 0.3) is 0 Å². The first-order valence-electron chi connectivity index (χ1n) is 10.1. The highest BCUT2D eigenvalue weighted by Crippen LogP contribution is 2.41. The van der Waals surface area contributed by atoms with Gasteiger partial charge < -0.3 is 14.6 Å². The summed E-state index contributed by atoms with van der Waals surface area (Å²) in [5.41, 5.74) is 2.12. The van der Waals surface area contributed by atoms with Crippen molar-refractivity contribution in [3.63, 3.8) is 0 Å². The molecule has 0 bridgehead atoms. The number of hydrogen-bond acceptors (Lipinski definition) is 3. The van der Waals surface area contributed by atoms with Crippen LogP contribution in [0.15, 0.2) is 98.6 Å². The number of aliphatic hydroxyl groups is 1. The minimum Gasteiger partial charge on any atom is -0.388 e. The van der Waals surface area contributed by atoms with E-state index in [1.807, 2.05) is 78.9 Å². The van der Waals surface area contributed by atoms with Crippen LogP contribution in [0.2, 0.25) is 0 Å². The minimum atomic E-state index is -0.801. The molecule has 1 N–H and O–H groups in total. The first kappa shape index (κ1) is 21.3. The Kier molecular flexibility index (Phi) is 7.59. The molecule has 1 aliphatic rings. The first-order valence-corrected chi connectivity index (χ1v) is 10.1. The molecule has 0 spiro atoms. The predicted molar refractivity (Wildman–Crippen MR) is 117 cm³/mol. The number of ether oxygens (including phenoxy) is 2. The van der Waals surface area contributed by atoms with Gasteiger partial charge in [-0.2, -0.15) is 0 Å². The van der Waals surface area contributed by atoms with E-state index in [9.17, 15) is 5.11 Å². The fraction of sp³-hybridized carbons (Fsp3) is 0.308. The number of hydrogen-bond donors (Lipinski definition) is 1. The van der Waals surface area contributed by atoms with E-state index in [0.717, 1.165) is 11.1 Å². The van der Waals surface area contributed by atoms with Gasteiger partial charge in [0.15, 0.2) is 0 Å². The molecule has 1 saturated carbocycles. The lowest BCUT2D eigenvalue weighted by molar-refractivity contribution is -0.179. The van der Waals surface area contributed by atoms with Crippen molar-refractivity contribution in [2.75, 3.05) is 0 Å². The number of aliphatic hydroxyl groups excluding tert-OH is 1. The average Bonchev–Trinajstić information content (AvgIpc) is 2.77. The van der Waals surface area contributed by atoms with E-state index >= 15 is 0 Å². The maximum Gasteiger partial charge on any atom is 0.107 e. The summed E-state index contributed by atoms with van der Waals surface area (Å²) < 4.78 is 12.4. The number of allylic oxidation sites excluding steroid dienone is 1. The minimum absolute atomic E-state index is 0.0231. The van der Waals surface area contributed by atoms with E-state index < -0.39 is 18.3 Å². The van der Waals surface area contributed by atoms with Crippen LogP contribution < -0.4 is 0 Å². The summed E-state index contributed by atoms with van der Waals surface area (Å²) >= 11 is 0. The molecule has 29 heavy (non-hydrogen) atoms. The van der Waals surface area contributed by atoms with Gasteiger partial charge in [0.2, 0.25) is 0 Å². The van der Waals surface area contributed by atoms with Crippen LogP contribution in [-0.2, 0) is 22.7 Å². The van der Waals surface area contributed by atoms with Gasteiger partial charge in [0.1, 0.15) is 6.10 Å². The summed E-state index contributed by atoms with van der Waals surface area (Å²) in [4.78, 5) is 0. The van der Waals surface area contributed by atoms with Crippen LogP contribution in [0.5, 0.6) is 0 Å². The van der Waals surface area contributed by atoms with Crippen LogP contribution in [0, 0.1) is 17.8 Å². The van der Waals surface area contributed by atoms with E-state index in [4.69, 9.17) is 9.47 Å². The molecule has 0 amide bonds. The van der Waals surface area contributed by atoms with Crippen LogP contribution in [0.25, 0.3) is 0 Å². The average molecular weight is 391 g/mol. The molecule has 1 fully saturated rings. The Morgan fingerprint density at radius 3 is 1.38 bits per heavy atom. The molecular formula is C26H30O3. The van der Waals surface area contributed by atoms with Crippen LogP contribution >= 0.6 is 0 Å². The Morgan fingerprint density at radius 1 is 0.655 bits per heavy atom. The molecule has 0 aliphatic heterocycles. The van der Waals surface area contributed by atoms with Gasteiger partial charge in [-0.3, -0.25) is 0 Å². The standard InChI is InChI=1S/C26H30O3/c1-4-21-22(5-2)25(28-17-19-13-9-7-10-14-19)24(27)26(23(21)6-3)29-18-20-15-11-8-12-16-20/h4-16,21-27H,1-3,17-18H2. The van der Waals surface area contributed by atoms with Crippen molar-refractivity contribution in [2.24, 2.45) is 17.8 Å². The van der Waals surface area contributed by atoms with E-state index in [1.54, 1.807) is 0 Å². The monoisotopic (exact) mass is 390 g/mol. The van der Waals surface area contributed by atoms with Gasteiger partial charge in [0.05, 0.1) is 25.4 Å². The van der Waals surface area contributed by atoms with Gasteiger partial charge in [0, 0.05) is 11.8 Å². The molecule has 152 valence electrons. The highest BCUT2D eigenvalue weighted by molar-refractivity contribution is 5.17. The lowest BCUT2D eigenvalue weighted by atomic mass is 9.67. The lowest BCUT2D eigenvalue weighted by Gasteiger charge is -2.47. The van der Waals surface area contributed by atoms with Gasteiger partial charge in [-0.05, 0) is 17.0 Å². The third-order valence-electron chi connectivity index (χ3n) is 5.71. The molecule has 4 atom stereocenters. The SMILES string of the molecule is C=CC1C(C=C)C(OCc2ccccc2)C(O)C(OCc2ccccc2)C1C=C. The smallest absolute Gasteiger partial charge is 0.107 e. The van der Waals surface area contributed by atoms with Crippen LogP contribution in [0.4, 0.5) is 0 Å². The maximum atomic E-state index is 11.2. The zero-order chi connectivity index (χ0) is 20.6. The molecule has 3 rings (SSSR count). The molecule has 1 aliphatic carbocycles. The Balaban J connectivity index is 1.80. The zero-order valence-electron chi connectivity index (χ0n) is 16.8. The predicted octanol–water partition coefficient (Wildman–Crippen LogP) is 4.94. The fourth-order valence-electron chi connectivity index (χ4n) is 4.19. The zero-order valence-corrected chi connectivity index (χ0v) is 16.8. The van der Waals surface area contributed by atoms with Crippen molar-refractivity contribution in [1.82, 2.24) is 0 Å². The quantitative estimate of drug-likeness (QED) is 0.617. The van der Waals surface area contributed by atoms with Gasteiger partial charge >= 0.3 is 0 Å². The van der Waals surface area contributed by atoms with E-state index in [0.29, 0.717) is 13.2 Å². The van der Waals surface area contributed by atoms with Crippen molar-refractivity contribution >= 4 is 0 Å². The molecule has 0 aromatic heterocycles. The molecule has 2 aromatic carbocycles. The Labute approximate surface area is 174 Å². The first-order chi connectivity index (χ1) is 14.2. The maximum absolute atomic E-state index is 11.2. The number of rotatable bonds is 9. The Hall–Kier alpha value is -2.46. The summed E-state index contributed by atoms with van der Waals surface area (Å²) in [7, 11) is 0. The highest BCUT2D eigenvalue weighted by Gasteiger charge is 2.48. The molecule has 3 heteroatoms. The molecule has 0 heterocycles. The summed E-state index contributed by atoms with van der Waals surface area (Å²) in [6.07, 6.45) is 3.94. The second-order valence-corrected chi connectivity index (χ2v) is 7.45. The topological polar surface area (TPSA) is 38.7 Å². The second-order valence-electron chi connectivity index (χ2n) is 7.45. The molecule has 3 nitrogen and oxygen atoms in total. The van der Waals surface area contributed by atoms with Gasteiger partial charge in [-0.1, -0.05) is 78.9 Å². The number of benzene rings is 2. The third-order valence-corrected chi connectivity index (χ3v) is 5.71. The lowest BCUT2D eigenvalue weighted by Crippen LogP contribution is -2.56. The van der Waals surface area contributed by atoms with E-state index in [1.165, 1.54) is 0 Å². The highest BCUT2D eigenvalue weighted by atomic mass is 16.5. The van der Waals surface area contributed by atoms with Crippen molar-refractivity contribution in [3.05, 3.63) is 110 Å². The summed E-state index contributed by atoms with van der Waals surface area (Å²) in [5.74, 6) is -0.133. The largest absolute Gasteiger partial charge is 0.388 e.